The second kappa shape index (κ2) is 9.61. The summed E-state index contributed by atoms with van der Waals surface area (Å²) in [5.41, 5.74) is 5.27. The van der Waals surface area contributed by atoms with Crippen molar-refractivity contribution in [3.05, 3.63) is 59.7 Å². The Hall–Kier alpha value is -1.72. The predicted octanol–water partition coefficient (Wildman–Crippen LogP) is 5.24. The van der Waals surface area contributed by atoms with Gasteiger partial charge in [0, 0.05) is 10.8 Å². The van der Waals surface area contributed by atoms with Crippen molar-refractivity contribution in [1.82, 2.24) is 0 Å². The molecule has 2 aliphatic rings. The second-order valence-electron chi connectivity index (χ2n) is 8.99. The molecule has 0 saturated carbocycles. The van der Waals surface area contributed by atoms with Gasteiger partial charge in [-0.05, 0) is 35.1 Å². The van der Waals surface area contributed by atoms with Crippen molar-refractivity contribution < 1.29 is 18.9 Å². The molecule has 0 unspecified atom stereocenters. The summed E-state index contributed by atoms with van der Waals surface area (Å²) in [6.07, 6.45) is 2.18. The predicted molar refractivity (Wildman–Crippen MR) is 118 cm³/mol. The number of hydrogen-bond donors (Lipinski definition) is 0. The van der Waals surface area contributed by atoms with E-state index in [0.717, 1.165) is 52.5 Å². The SMILES string of the molecule is CCC1(COCc2cccc(-c3ccccc3)c2COCC2(CC)COC2)COC1. The molecule has 2 heterocycles. The van der Waals surface area contributed by atoms with Crippen molar-refractivity contribution >= 4 is 0 Å². The van der Waals surface area contributed by atoms with Gasteiger partial charge in [0.25, 0.3) is 0 Å². The first-order valence-corrected chi connectivity index (χ1v) is 11.2. The van der Waals surface area contributed by atoms with Crippen LogP contribution in [0.4, 0.5) is 0 Å². The van der Waals surface area contributed by atoms with E-state index in [9.17, 15) is 0 Å². The summed E-state index contributed by atoms with van der Waals surface area (Å²) in [4.78, 5) is 0. The normalized spacial score (nSPS) is 19.1. The van der Waals surface area contributed by atoms with Gasteiger partial charge in [-0.25, -0.2) is 0 Å². The molecule has 0 spiro atoms. The maximum absolute atomic E-state index is 6.27. The molecule has 2 saturated heterocycles. The molecular formula is C26H34O4. The van der Waals surface area contributed by atoms with Gasteiger partial charge in [0.2, 0.25) is 0 Å². The zero-order valence-corrected chi connectivity index (χ0v) is 18.3. The van der Waals surface area contributed by atoms with Crippen molar-refractivity contribution in [2.75, 3.05) is 39.6 Å². The standard InChI is InChI=1S/C26H34O4/c1-3-25(17-29-18-25)15-27-13-22-11-8-12-23(21-9-6-5-7-10-21)24(22)14-28-16-26(4-2)19-30-20-26/h5-12H,3-4,13-20H2,1-2H3. The molecule has 162 valence electrons. The Morgan fingerprint density at radius 1 is 0.733 bits per heavy atom. The lowest BCUT2D eigenvalue weighted by molar-refractivity contribution is -0.154. The van der Waals surface area contributed by atoms with Crippen LogP contribution >= 0.6 is 0 Å². The molecule has 0 N–H and O–H groups in total. The lowest BCUT2D eigenvalue weighted by atomic mass is 9.84. The fourth-order valence-corrected chi connectivity index (χ4v) is 4.14. The maximum Gasteiger partial charge on any atom is 0.0726 e. The van der Waals surface area contributed by atoms with Gasteiger partial charge in [-0.1, -0.05) is 62.4 Å². The second-order valence-corrected chi connectivity index (χ2v) is 8.99. The molecule has 0 radical (unpaired) electrons. The van der Waals surface area contributed by atoms with Gasteiger partial charge in [0.15, 0.2) is 0 Å². The third-order valence-electron chi connectivity index (χ3n) is 6.81. The Morgan fingerprint density at radius 2 is 1.33 bits per heavy atom. The molecule has 0 bridgehead atoms. The third-order valence-corrected chi connectivity index (χ3v) is 6.81. The zero-order chi connectivity index (χ0) is 20.9. The van der Waals surface area contributed by atoms with E-state index in [4.69, 9.17) is 18.9 Å². The summed E-state index contributed by atoms with van der Waals surface area (Å²) in [7, 11) is 0. The van der Waals surface area contributed by atoms with E-state index in [1.54, 1.807) is 0 Å². The molecule has 30 heavy (non-hydrogen) atoms. The van der Waals surface area contributed by atoms with E-state index in [1.165, 1.54) is 22.3 Å². The van der Waals surface area contributed by atoms with Gasteiger partial charge in [-0.2, -0.15) is 0 Å². The van der Waals surface area contributed by atoms with E-state index >= 15 is 0 Å². The molecule has 2 aromatic carbocycles. The molecule has 4 nitrogen and oxygen atoms in total. The van der Waals surface area contributed by atoms with E-state index in [-0.39, 0.29) is 10.8 Å². The summed E-state index contributed by atoms with van der Waals surface area (Å²) in [6.45, 7) is 10.3. The molecule has 0 aliphatic carbocycles. The minimum absolute atomic E-state index is 0.191. The highest BCUT2D eigenvalue weighted by atomic mass is 16.5. The van der Waals surface area contributed by atoms with Crippen molar-refractivity contribution in [3.8, 4) is 11.1 Å². The monoisotopic (exact) mass is 410 g/mol. The van der Waals surface area contributed by atoms with E-state index < -0.39 is 0 Å². The van der Waals surface area contributed by atoms with Crippen molar-refractivity contribution in [1.29, 1.82) is 0 Å². The van der Waals surface area contributed by atoms with Crippen LogP contribution in [0.15, 0.2) is 48.5 Å². The quantitative estimate of drug-likeness (QED) is 0.508. The largest absolute Gasteiger partial charge is 0.380 e. The van der Waals surface area contributed by atoms with Crippen molar-refractivity contribution in [2.24, 2.45) is 10.8 Å². The molecule has 0 aromatic heterocycles. The first kappa shape index (κ1) is 21.5. The summed E-state index contributed by atoms with van der Waals surface area (Å²) < 4.78 is 23.3. The van der Waals surface area contributed by atoms with Crippen LogP contribution in [0.5, 0.6) is 0 Å². The van der Waals surface area contributed by atoms with E-state index in [1.807, 2.05) is 0 Å². The number of rotatable bonds is 11. The minimum atomic E-state index is 0.191. The highest BCUT2D eigenvalue weighted by Gasteiger charge is 2.38. The molecule has 2 fully saturated rings. The van der Waals surface area contributed by atoms with Crippen LogP contribution in [0.1, 0.15) is 37.8 Å². The van der Waals surface area contributed by atoms with Gasteiger partial charge in [-0.15, -0.1) is 0 Å². The lowest BCUT2D eigenvalue weighted by Gasteiger charge is -2.40. The number of hydrogen-bond acceptors (Lipinski definition) is 4. The average molecular weight is 411 g/mol. The van der Waals surface area contributed by atoms with Crippen LogP contribution in [0, 0.1) is 10.8 Å². The molecule has 0 atom stereocenters. The van der Waals surface area contributed by atoms with Gasteiger partial charge in [0.1, 0.15) is 0 Å². The van der Waals surface area contributed by atoms with Crippen LogP contribution in [0.3, 0.4) is 0 Å². The fraction of sp³-hybridized carbons (Fsp3) is 0.538. The fourth-order valence-electron chi connectivity index (χ4n) is 4.14. The third kappa shape index (κ3) is 4.62. The summed E-state index contributed by atoms with van der Waals surface area (Å²) in [6, 6.07) is 17.0. The Bertz CT molecular complexity index is 798. The number of benzene rings is 2. The first-order chi connectivity index (χ1) is 14.7. The maximum atomic E-state index is 6.27. The summed E-state index contributed by atoms with van der Waals surface area (Å²) in [5, 5.41) is 0. The van der Waals surface area contributed by atoms with Crippen LogP contribution in [0.25, 0.3) is 11.1 Å². The molecule has 4 rings (SSSR count). The van der Waals surface area contributed by atoms with Gasteiger partial charge in [-0.3, -0.25) is 0 Å². The Labute approximate surface area is 180 Å². The summed E-state index contributed by atoms with van der Waals surface area (Å²) in [5.74, 6) is 0. The lowest BCUT2D eigenvalue weighted by Crippen LogP contribution is -2.45. The van der Waals surface area contributed by atoms with Crippen molar-refractivity contribution in [2.45, 2.75) is 39.9 Å². The average Bonchev–Trinajstić information content (AvgIpc) is 2.73. The minimum Gasteiger partial charge on any atom is -0.380 e. The van der Waals surface area contributed by atoms with Crippen molar-refractivity contribution in [3.63, 3.8) is 0 Å². The van der Waals surface area contributed by atoms with Crippen LogP contribution in [0.2, 0.25) is 0 Å². The van der Waals surface area contributed by atoms with Crippen LogP contribution in [-0.2, 0) is 32.2 Å². The molecular weight excluding hydrogens is 376 g/mol. The van der Waals surface area contributed by atoms with Crippen LogP contribution < -0.4 is 0 Å². The molecule has 0 amide bonds. The Morgan fingerprint density at radius 3 is 1.87 bits per heavy atom. The van der Waals surface area contributed by atoms with Gasteiger partial charge in [0.05, 0.1) is 52.9 Å². The summed E-state index contributed by atoms with van der Waals surface area (Å²) >= 11 is 0. The highest BCUT2D eigenvalue weighted by molar-refractivity contribution is 5.68. The molecule has 2 aromatic rings. The highest BCUT2D eigenvalue weighted by Crippen LogP contribution is 2.34. The Kier molecular flexibility index (Phi) is 6.89. The van der Waals surface area contributed by atoms with Gasteiger partial charge >= 0.3 is 0 Å². The number of ether oxygens (including phenoxy) is 4. The Balaban J connectivity index is 1.49. The van der Waals surface area contributed by atoms with Gasteiger partial charge < -0.3 is 18.9 Å². The topological polar surface area (TPSA) is 36.9 Å². The zero-order valence-electron chi connectivity index (χ0n) is 18.3. The molecule has 4 heteroatoms. The van der Waals surface area contributed by atoms with E-state index in [0.29, 0.717) is 13.2 Å². The smallest absolute Gasteiger partial charge is 0.0726 e. The van der Waals surface area contributed by atoms with E-state index in [2.05, 4.69) is 62.4 Å². The van der Waals surface area contributed by atoms with Crippen LogP contribution in [-0.4, -0.2) is 39.6 Å². The molecule has 2 aliphatic heterocycles. The first-order valence-electron chi connectivity index (χ1n) is 11.2.